The fourth-order valence-corrected chi connectivity index (χ4v) is 3.42. The first-order valence-corrected chi connectivity index (χ1v) is 8.52. The second kappa shape index (κ2) is 7.20. The molecule has 7 nitrogen and oxygen atoms in total. The Morgan fingerprint density at radius 2 is 2.48 bits per heavy atom. The van der Waals surface area contributed by atoms with Crippen molar-refractivity contribution < 1.29 is 9.53 Å². The molecule has 0 saturated carbocycles. The summed E-state index contributed by atoms with van der Waals surface area (Å²) in [6, 6.07) is 4.07. The molecule has 0 radical (unpaired) electrons. The standard InChI is InChI=1S/C15H21N5O2S/c1-11(13-4-3-7-23-13)17-14(21)9-20-5-6-22-12(8-20)15-18-16-10-19(15)2/h3-4,7,10-12H,5-6,8-9H2,1-2H3,(H,17,21)/t11-,12-/m0/s1. The quantitative estimate of drug-likeness (QED) is 0.887. The monoisotopic (exact) mass is 335 g/mol. The van der Waals surface area contributed by atoms with Crippen LogP contribution in [0, 0.1) is 0 Å². The van der Waals surface area contributed by atoms with Crippen LogP contribution in [-0.4, -0.2) is 51.8 Å². The van der Waals surface area contributed by atoms with Crippen LogP contribution in [-0.2, 0) is 16.6 Å². The number of carbonyl (C=O) groups is 1. The Balaban J connectivity index is 1.53. The Morgan fingerprint density at radius 3 is 3.17 bits per heavy atom. The predicted molar refractivity (Wildman–Crippen MR) is 87.0 cm³/mol. The van der Waals surface area contributed by atoms with Gasteiger partial charge in [-0.3, -0.25) is 9.69 Å². The summed E-state index contributed by atoms with van der Waals surface area (Å²) in [6.07, 6.45) is 1.52. The van der Waals surface area contributed by atoms with E-state index in [0.29, 0.717) is 19.7 Å². The van der Waals surface area contributed by atoms with E-state index in [2.05, 4.69) is 20.4 Å². The van der Waals surface area contributed by atoms with E-state index in [-0.39, 0.29) is 18.1 Å². The first kappa shape index (κ1) is 16.1. The maximum Gasteiger partial charge on any atom is 0.234 e. The topological polar surface area (TPSA) is 72.3 Å². The van der Waals surface area contributed by atoms with Crippen LogP contribution in [0.3, 0.4) is 0 Å². The number of aromatic nitrogens is 3. The van der Waals surface area contributed by atoms with Crippen LogP contribution in [0.25, 0.3) is 0 Å². The van der Waals surface area contributed by atoms with Gasteiger partial charge in [-0.15, -0.1) is 21.5 Å². The minimum absolute atomic E-state index is 0.0320. The number of hydrogen-bond donors (Lipinski definition) is 1. The van der Waals surface area contributed by atoms with E-state index in [0.717, 1.165) is 17.2 Å². The first-order chi connectivity index (χ1) is 11.1. The lowest BCUT2D eigenvalue weighted by atomic mass is 10.2. The SMILES string of the molecule is C[C@H](NC(=O)CN1CCO[C@H](c2nncn2C)C1)c1cccs1. The summed E-state index contributed by atoms with van der Waals surface area (Å²) >= 11 is 1.65. The van der Waals surface area contributed by atoms with Crippen LogP contribution in [0.1, 0.15) is 29.8 Å². The number of rotatable bonds is 5. The number of nitrogens with zero attached hydrogens (tertiary/aromatic N) is 4. The average Bonchev–Trinajstić information content (AvgIpc) is 3.18. The normalized spacial score (nSPS) is 20.3. The number of hydrogen-bond acceptors (Lipinski definition) is 6. The lowest BCUT2D eigenvalue weighted by Gasteiger charge is -2.32. The molecule has 0 bridgehead atoms. The highest BCUT2D eigenvalue weighted by atomic mass is 32.1. The van der Waals surface area contributed by atoms with Gasteiger partial charge in [0.25, 0.3) is 0 Å². The molecule has 1 N–H and O–H groups in total. The van der Waals surface area contributed by atoms with Gasteiger partial charge in [-0.1, -0.05) is 6.07 Å². The molecular weight excluding hydrogens is 314 g/mol. The summed E-state index contributed by atoms with van der Waals surface area (Å²) in [6.45, 7) is 4.35. The zero-order valence-corrected chi connectivity index (χ0v) is 14.1. The van der Waals surface area contributed by atoms with Gasteiger partial charge in [-0.25, -0.2) is 0 Å². The van der Waals surface area contributed by atoms with Gasteiger partial charge in [-0.05, 0) is 18.4 Å². The van der Waals surface area contributed by atoms with E-state index in [1.165, 1.54) is 0 Å². The molecule has 8 heteroatoms. The molecule has 3 rings (SSSR count). The molecule has 1 aliphatic heterocycles. The van der Waals surface area contributed by atoms with E-state index >= 15 is 0 Å². The second-order valence-electron chi connectivity index (χ2n) is 5.70. The van der Waals surface area contributed by atoms with Crippen molar-refractivity contribution in [2.45, 2.75) is 19.1 Å². The van der Waals surface area contributed by atoms with Crippen LogP contribution in [0.4, 0.5) is 0 Å². The van der Waals surface area contributed by atoms with Gasteiger partial charge in [0, 0.05) is 25.0 Å². The summed E-state index contributed by atoms with van der Waals surface area (Å²) in [5.41, 5.74) is 0. The Morgan fingerprint density at radius 1 is 1.61 bits per heavy atom. The molecule has 1 saturated heterocycles. The molecule has 2 aromatic heterocycles. The number of morpholine rings is 1. The smallest absolute Gasteiger partial charge is 0.234 e. The number of ether oxygens (including phenoxy) is 1. The van der Waals surface area contributed by atoms with Crippen molar-refractivity contribution in [1.82, 2.24) is 25.0 Å². The number of carbonyl (C=O) groups excluding carboxylic acids is 1. The molecule has 23 heavy (non-hydrogen) atoms. The molecule has 2 atom stereocenters. The maximum atomic E-state index is 12.3. The lowest BCUT2D eigenvalue weighted by Crippen LogP contribution is -2.45. The van der Waals surface area contributed by atoms with Crippen molar-refractivity contribution >= 4 is 17.2 Å². The van der Waals surface area contributed by atoms with Gasteiger partial charge >= 0.3 is 0 Å². The number of aryl methyl sites for hydroxylation is 1. The fourth-order valence-electron chi connectivity index (χ4n) is 2.69. The largest absolute Gasteiger partial charge is 0.368 e. The molecule has 2 aromatic rings. The zero-order chi connectivity index (χ0) is 16.2. The zero-order valence-electron chi connectivity index (χ0n) is 13.3. The minimum Gasteiger partial charge on any atom is -0.368 e. The number of thiophene rings is 1. The molecular formula is C15H21N5O2S. The third kappa shape index (κ3) is 3.95. The van der Waals surface area contributed by atoms with Crippen molar-refractivity contribution in [2.75, 3.05) is 26.2 Å². The average molecular weight is 335 g/mol. The molecule has 0 aromatic carbocycles. The predicted octanol–water partition coefficient (Wildman–Crippen LogP) is 1.13. The van der Waals surface area contributed by atoms with Gasteiger partial charge in [0.05, 0.1) is 19.2 Å². The van der Waals surface area contributed by atoms with Crippen LogP contribution < -0.4 is 5.32 Å². The first-order valence-electron chi connectivity index (χ1n) is 7.64. The Kier molecular flexibility index (Phi) is 5.04. The summed E-state index contributed by atoms with van der Waals surface area (Å²) in [7, 11) is 1.90. The second-order valence-corrected chi connectivity index (χ2v) is 6.68. The molecule has 1 fully saturated rings. The van der Waals surface area contributed by atoms with Gasteiger partial charge in [0.15, 0.2) is 5.82 Å². The summed E-state index contributed by atoms with van der Waals surface area (Å²) in [4.78, 5) is 15.5. The van der Waals surface area contributed by atoms with Gasteiger partial charge < -0.3 is 14.6 Å². The van der Waals surface area contributed by atoms with Crippen LogP contribution in [0.15, 0.2) is 23.8 Å². The van der Waals surface area contributed by atoms with Crippen molar-refractivity contribution in [2.24, 2.45) is 7.05 Å². The van der Waals surface area contributed by atoms with Crippen LogP contribution in [0.5, 0.6) is 0 Å². The van der Waals surface area contributed by atoms with E-state index < -0.39 is 0 Å². The third-order valence-corrected chi connectivity index (χ3v) is 4.95. The van der Waals surface area contributed by atoms with E-state index in [4.69, 9.17) is 4.74 Å². The highest BCUT2D eigenvalue weighted by Crippen LogP contribution is 2.20. The summed E-state index contributed by atoms with van der Waals surface area (Å²) in [5, 5.41) is 13.1. The molecule has 0 unspecified atom stereocenters. The highest BCUT2D eigenvalue weighted by molar-refractivity contribution is 7.10. The lowest BCUT2D eigenvalue weighted by molar-refractivity contribution is -0.125. The van der Waals surface area contributed by atoms with Gasteiger partial charge in [-0.2, -0.15) is 0 Å². The minimum atomic E-state index is -0.140. The van der Waals surface area contributed by atoms with Gasteiger partial charge in [0.2, 0.25) is 5.91 Å². The third-order valence-electron chi connectivity index (χ3n) is 3.90. The van der Waals surface area contributed by atoms with Crippen LogP contribution in [0.2, 0.25) is 0 Å². The Hall–Kier alpha value is -1.77. The van der Waals surface area contributed by atoms with Crippen LogP contribution >= 0.6 is 11.3 Å². The summed E-state index contributed by atoms with van der Waals surface area (Å²) < 4.78 is 7.61. The van der Waals surface area contributed by atoms with Crippen molar-refractivity contribution in [1.29, 1.82) is 0 Å². The number of nitrogens with one attached hydrogen (secondary N) is 1. The van der Waals surface area contributed by atoms with Crippen molar-refractivity contribution in [3.05, 3.63) is 34.5 Å². The van der Waals surface area contributed by atoms with E-state index in [9.17, 15) is 4.79 Å². The van der Waals surface area contributed by atoms with Crippen molar-refractivity contribution in [3.63, 3.8) is 0 Å². The fraction of sp³-hybridized carbons (Fsp3) is 0.533. The van der Waals surface area contributed by atoms with E-state index in [1.807, 2.05) is 36.1 Å². The summed E-state index contributed by atoms with van der Waals surface area (Å²) in [5.74, 6) is 0.826. The number of amides is 1. The molecule has 3 heterocycles. The molecule has 0 aliphatic carbocycles. The molecule has 1 aliphatic rings. The van der Waals surface area contributed by atoms with Gasteiger partial charge in [0.1, 0.15) is 12.4 Å². The molecule has 0 spiro atoms. The maximum absolute atomic E-state index is 12.3. The molecule has 124 valence electrons. The highest BCUT2D eigenvalue weighted by Gasteiger charge is 2.26. The Bertz CT molecular complexity index is 642. The molecule has 1 amide bonds. The Labute approximate surface area is 139 Å². The van der Waals surface area contributed by atoms with Crippen molar-refractivity contribution in [3.8, 4) is 0 Å². The van der Waals surface area contributed by atoms with E-state index in [1.54, 1.807) is 17.7 Å².